The number of nitrogens with one attached hydrogen (secondary N) is 2. The minimum Gasteiger partial charge on any atom is -0.359 e. The number of amides is 1. The van der Waals surface area contributed by atoms with Crippen LogP contribution in [0.3, 0.4) is 0 Å². The number of H-pyrrole nitrogens is 1. The molecule has 1 heterocycles. The maximum Gasteiger partial charge on any atom is 0.251 e. The third-order valence-electron chi connectivity index (χ3n) is 3.80. The lowest BCUT2D eigenvalue weighted by molar-refractivity contribution is 0.0950. The Hall–Kier alpha value is -2.60. The van der Waals surface area contributed by atoms with Crippen LogP contribution >= 0.6 is 0 Å². The average Bonchev–Trinajstić information content (AvgIpc) is 2.91. The topological polar surface area (TPSA) is 79.0 Å². The Labute approximate surface area is 140 Å². The van der Waals surface area contributed by atoms with Crippen LogP contribution in [0.1, 0.15) is 21.6 Å². The number of benzene rings is 2. The van der Waals surface area contributed by atoms with Crippen molar-refractivity contribution in [2.45, 2.75) is 18.4 Å². The molecule has 2 aromatic carbocycles. The van der Waals surface area contributed by atoms with Crippen molar-refractivity contribution >= 4 is 26.6 Å². The van der Waals surface area contributed by atoms with Crippen LogP contribution in [-0.4, -0.2) is 25.6 Å². The molecule has 0 saturated carbocycles. The lowest BCUT2D eigenvalue weighted by Crippen LogP contribution is -2.23. The predicted octanol–water partition coefficient (Wildman–Crippen LogP) is 2.81. The van der Waals surface area contributed by atoms with E-state index in [9.17, 15) is 13.2 Å². The zero-order valence-electron chi connectivity index (χ0n) is 13.5. The van der Waals surface area contributed by atoms with Gasteiger partial charge in [0, 0.05) is 29.6 Å². The van der Waals surface area contributed by atoms with Gasteiger partial charge in [0.25, 0.3) is 5.91 Å². The van der Waals surface area contributed by atoms with Gasteiger partial charge in [-0.25, -0.2) is 8.42 Å². The van der Waals surface area contributed by atoms with E-state index in [4.69, 9.17) is 0 Å². The summed E-state index contributed by atoms with van der Waals surface area (Å²) in [5, 5.41) is 3.92. The Kier molecular flexibility index (Phi) is 4.15. The highest BCUT2D eigenvalue weighted by Gasteiger charge is 2.11. The molecule has 3 aromatic rings. The summed E-state index contributed by atoms with van der Waals surface area (Å²) in [6, 6.07) is 14.0. The van der Waals surface area contributed by atoms with E-state index < -0.39 is 9.84 Å². The van der Waals surface area contributed by atoms with Crippen LogP contribution in [0.2, 0.25) is 0 Å². The second-order valence-corrected chi connectivity index (χ2v) is 7.87. The van der Waals surface area contributed by atoms with Crippen LogP contribution in [0.25, 0.3) is 10.9 Å². The first-order valence-corrected chi connectivity index (χ1v) is 9.39. The van der Waals surface area contributed by atoms with E-state index in [2.05, 4.69) is 16.4 Å². The lowest BCUT2D eigenvalue weighted by atomic mass is 10.1. The Morgan fingerprint density at radius 1 is 1.12 bits per heavy atom. The quantitative estimate of drug-likeness (QED) is 0.765. The van der Waals surface area contributed by atoms with E-state index in [1.165, 1.54) is 12.1 Å². The summed E-state index contributed by atoms with van der Waals surface area (Å²) in [4.78, 5) is 15.6. The molecule has 0 bridgehead atoms. The Balaban J connectivity index is 1.74. The molecule has 124 valence electrons. The fourth-order valence-electron chi connectivity index (χ4n) is 2.59. The van der Waals surface area contributed by atoms with Crippen molar-refractivity contribution in [3.8, 4) is 0 Å². The highest BCUT2D eigenvalue weighted by molar-refractivity contribution is 7.90. The van der Waals surface area contributed by atoms with Crippen molar-refractivity contribution < 1.29 is 13.2 Å². The van der Waals surface area contributed by atoms with Crippen molar-refractivity contribution in [3.63, 3.8) is 0 Å². The van der Waals surface area contributed by atoms with E-state index in [1.54, 1.807) is 12.1 Å². The molecular formula is C18H18N2O3S. The van der Waals surface area contributed by atoms with Crippen LogP contribution < -0.4 is 5.32 Å². The number of hydrogen-bond donors (Lipinski definition) is 2. The van der Waals surface area contributed by atoms with E-state index in [-0.39, 0.29) is 10.8 Å². The van der Waals surface area contributed by atoms with E-state index in [1.807, 2.05) is 25.1 Å². The molecule has 0 fully saturated rings. The minimum absolute atomic E-state index is 0.138. The summed E-state index contributed by atoms with van der Waals surface area (Å²) >= 11 is 0. The van der Waals surface area contributed by atoms with Crippen molar-refractivity contribution in [1.82, 2.24) is 10.3 Å². The molecule has 0 atom stereocenters. The normalized spacial score (nSPS) is 11.6. The first kappa shape index (κ1) is 16.3. The van der Waals surface area contributed by atoms with Gasteiger partial charge in [-0.2, -0.15) is 0 Å². The monoisotopic (exact) mass is 342 g/mol. The minimum atomic E-state index is -3.33. The van der Waals surface area contributed by atoms with Gasteiger partial charge in [0.15, 0.2) is 9.84 Å². The first-order chi connectivity index (χ1) is 11.3. The molecule has 1 aromatic heterocycles. The summed E-state index contributed by atoms with van der Waals surface area (Å²) < 4.78 is 23.2. The summed E-state index contributed by atoms with van der Waals surface area (Å²) in [6.07, 6.45) is 1.12. The maximum atomic E-state index is 12.3. The standard InChI is InChI=1S/C18H18N2O3S/c1-12-8-15-9-13(6-7-17(15)20-12)11-19-18(21)14-4-3-5-16(10-14)24(2,22)23/h3-10,20H,11H2,1-2H3,(H,19,21). The fraction of sp³-hybridized carbons (Fsp3) is 0.167. The number of rotatable bonds is 4. The van der Waals surface area contributed by atoms with E-state index in [0.29, 0.717) is 12.1 Å². The van der Waals surface area contributed by atoms with Crippen molar-refractivity contribution in [1.29, 1.82) is 0 Å². The molecule has 0 aliphatic rings. The van der Waals surface area contributed by atoms with Crippen LogP contribution in [0.15, 0.2) is 53.4 Å². The van der Waals surface area contributed by atoms with Gasteiger partial charge in [-0.1, -0.05) is 12.1 Å². The molecule has 0 aliphatic heterocycles. The number of carbonyl (C=O) groups excluding carboxylic acids is 1. The Morgan fingerprint density at radius 3 is 2.67 bits per heavy atom. The van der Waals surface area contributed by atoms with Crippen molar-refractivity contribution in [3.05, 3.63) is 65.4 Å². The largest absolute Gasteiger partial charge is 0.359 e. The molecule has 1 amide bonds. The molecular weight excluding hydrogens is 324 g/mol. The third kappa shape index (κ3) is 3.49. The van der Waals surface area contributed by atoms with Gasteiger partial charge in [0.2, 0.25) is 0 Å². The van der Waals surface area contributed by atoms with Gasteiger partial charge in [0.05, 0.1) is 4.90 Å². The Morgan fingerprint density at radius 2 is 1.92 bits per heavy atom. The SMILES string of the molecule is Cc1cc2cc(CNC(=O)c3cccc(S(C)(=O)=O)c3)ccc2[nH]1. The second-order valence-electron chi connectivity index (χ2n) is 5.86. The van der Waals surface area contributed by atoms with Gasteiger partial charge in [0.1, 0.15) is 0 Å². The number of aromatic amines is 1. The number of aromatic nitrogens is 1. The van der Waals surface area contributed by atoms with Crippen LogP contribution in [0.4, 0.5) is 0 Å². The van der Waals surface area contributed by atoms with Gasteiger partial charge in [-0.3, -0.25) is 4.79 Å². The lowest BCUT2D eigenvalue weighted by Gasteiger charge is -2.07. The average molecular weight is 342 g/mol. The highest BCUT2D eigenvalue weighted by Crippen LogP contribution is 2.17. The molecule has 6 heteroatoms. The fourth-order valence-corrected chi connectivity index (χ4v) is 3.26. The second kappa shape index (κ2) is 6.13. The Bertz CT molecular complexity index is 1020. The zero-order chi connectivity index (χ0) is 17.3. The molecule has 3 rings (SSSR count). The van der Waals surface area contributed by atoms with Crippen LogP contribution in [0.5, 0.6) is 0 Å². The molecule has 0 aliphatic carbocycles. The molecule has 0 spiro atoms. The zero-order valence-corrected chi connectivity index (χ0v) is 14.3. The van der Waals surface area contributed by atoms with E-state index >= 15 is 0 Å². The smallest absolute Gasteiger partial charge is 0.251 e. The highest BCUT2D eigenvalue weighted by atomic mass is 32.2. The number of aryl methyl sites for hydroxylation is 1. The van der Waals surface area contributed by atoms with Gasteiger partial charge in [-0.15, -0.1) is 0 Å². The number of carbonyl (C=O) groups is 1. The van der Waals surface area contributed by atoms with Crippen molar-refractivity contribution in [2.24, 2.45) is 0 Å². The summed E-state index contributed by atoms with van der Waals surface area (Å²) in [6.45, 7) is 2.37. The molecule has 0 unspecified atom stereocenters. The molecule has 0 saturated heterocycles. The first-order valence-electron chi connectivity index (χ1n) is 7.49. The summed E-state index contributed by atoms with van der Waals surface area (Å²) in [5.74, 6) is -0.300. The molecule has 0 radical (unpaired) electrons. The third-order valence-corrected chi connectivity index (χ3v) is 4.91. The van der Waals surface area contributed by atoms with Gasteiger partial charge in [-0.05, 0) is 54.3 Å². The summed E-state index contributed by atoms with van der Waals surface area (Å²) in [7, 11) is -3.33. The predicted molar refractivity (Wildman–Crippen MR) is 93.8 cm³/mol. The molecule has 2 N–H and O–H groups in total. The maximum absolute atomic E-state index is 12.3. The number of sulfone groups is 1. The molecule has 5 nitrogen and oxygen atoms in total. The van der Waals surface area contributed by atoms with Gasteiger partial charge >= 0.3 is 0 Å². The molecule has 24 heavy (non-hydrogen) atoms. The van der Waals surface area contributed by atoms with E-state index in [0.717, 1.165) is 28.4 Å². The van der Waals surface area contributed by atoms with Crippen LogP contribution in [0, 0.1) is 6.92 Å². The number of hydrogen-bond acceptors (Lipinski definition) is 3. The van der Waals surface area contributed by atoms with Crippen molar-refractivity contribution in [2.75, 3.05) is 6.26 Å². The summed E-state index contributed by atoms with van der Waals surface area (Å²) in [5.41, 5.74) is 3.46. The van der Waals surface area contributed by atoms with Crippen LogP contribution in [-0.2, 0) is 16.4 Å². The number of fused-ring (bicyclic) bond motifs is 1. The van der Waals surface area contributed by atoms with Gasteiger partial charge < -0.3 is 10.3 Å².